The van der Waals surface area contributed by atoms with Crippen LogP contribution < -0.4 is 0 Å². The minimum atomic E-state index is 0.102. The Balaban J connectivity index is 1.46. The SMILES string of the molecule is O=C(/C=C/C=C/c1ccccc1Cl)N1CCN(C2CCCC2)CC1. The molecule has 1 aromatic carbocycles. The monoisotopic (exact) mass is 344 g/mol. The van der Waals surface area contributed by atoms with E-state index in [1.54, 1.807) is 12.2 Å². The Hall–Kier alpha value is -1.58. The largest absolute Gasteiger partial charge is 0.337 e. The molecule has 2 aliphatic rings. The summed E-state index contributed by atoms with van der Waals surface area (Å²) in [5, 5.41) is 0.719. The van der Waals surface area contributed by atoms with E-state index in [-0.39, 0.29) is 5.91 Å². The number of benzene rings is 1. The van der Waals surface area contributed by atoms with Gasteiger partial charge in [-0.25, -0.2) is 0 Å². The lowest BCUT2D eigenvalue weighted by Crippen LogP contribution is -2.51. The molecule has 1 aromatic rings. The summed E-state index contributed by atoms with van der Waals surface area (Å²) < 4.78 is 0. The Morgan fingerprint density at radius 1 is 1.04 bits per heavy atom. The highest BCUT2D eigenvalue weighted by Crippen LogP contribution is 2.24. The number of carbonyl (C=O) groups excluding carboxylic acids is 1. The van der Waals surface area contributed by atoms with Gasteiger partial charge in [0.2, 0.25) is 5.91 Å². The second kappa shape index (κ2) is 8.50. The normalized spacial score (nSPS) is 20.5. The van der Waals surface area contributed by atoms with Gasteiger partial charge in [-0.3, -0.25) is 9.69 Å². The van der Waals surface area contributed by atoms with Gasteiger partial charge in [0, 0.05) is 43.3 Å². The zero-order chi connectivity index (χ0) is 16.8. The van der Waals surface area contributed by atoms with Crippen LogP contribution in [0, 0.1) is 0 Å². The van der Waals surface area contributed by atoms with Crippen molar-refractivity contribution in [2.24, 2.45) is 0 Å². The van der Waals surface area contributed by atoms with E-state index in [1.807, 2.05) is 41.3 Å². The van der Waals surface area contributed by atoms with Crippen LogP contribution in [0.5, 0.6) is 0 Å². The topological polar surface area (TPSA) is 23.6 Å². The van der Waals surface area contributed by atoms with Crippen LogP contribution in [0.3, 0.4) is 0 Å². The molecule has 3 rings (SSSR count). The zero-order valence-electron chi connectivity index (χ0n) is 14.0. The molecule has 1 saturated heterocycles. The standard InChI is InChI=1S/C20H25ClN2O/c21-19-11-5-1-7-17(19)8-2-6-12-20(24)23-15-13-22(14-16-23)18-9-3-4-10-18/h1-2,5-8,11-12,18H,3-4,9-10,13-16H2/b8-2+,12-6+. The van der Waals surface area contributed by atoms with Gasteiger partial charge in [0.05, 0.1) is 0 Å². The molecule has 0 radical (unpaired) electrons. The molecule has 128 valence electrons. The van der Waals surface area contributed by atoms with Crippen LogP contribution in [0.2, 0.25) is 5.02 Å². The van der Waals surface area contributed by atoms with Gasteiger partial charge in [0.1, 0.15) is 0 Å². The molecule has 1 heterocycles. The summed E-state index contributed by atoms with van der Waals surface area (Å²) >= 11 is 6.10. The first-order valence-corrected chi connectivity index (χ1v) is 9.24. The van der Waals surface area contributed by atoms with Gasteiger partial charge in [-0.05, 0) is 24.5 Å². The van der Waals surface area contributed by atoms with Gasteiger partial charge in [-0.2, -0.15) is 0 Å². The number of rotatable bonds is 4. The van der Waals surface area contributed by atoms with Gasteiger partial charge >= 0.3 is 0 Å². The Kier molecular flexibility index (Phi) is 6.11. The predicted molar refractivity (Wildman–Crippen MR) is 100 cm³/mol. The molecule has 1 amide bonds. The van der Waals surface area contributed by atoms with Crippen molar-refractivity contribution in [1.82, 2.24) is 9.80 Å². The van der Waals surface area contributed by atoms with Crippen molar-refractivity contribution in [2.45, 2.75) is 31.7 Å². The first kappa shape index (κ1) is 17.2. The fourth-order valence-corrected chi connectivity index (χ4v) is 3.79. The molecular formula is C20H25ClN2O. The highest BCUT2D eigenvalue weighted by Gasteiger charge is 2.26. The Morgan fingerprint density at radius 2 is 1.75 bits per heavy atom. The molecule has 1 aliphatic carbocycles. The maximum absolute atomic E-state index is 12.3. The number of allylic oxidation sites excluding steroid dienone is 2. The Morgan fingerprint density at radius 3 is 2.46 bits per heavy atom. The molecule has 4 heteroatoms. The van der Waals surface area contributed by atoms with Crippen molar-refractivity contribution in [2.75, 3.05) is 26.2 Å². The predicted octanol–water partition coefficient (Wildman–Crippen LogP) is 4.00. The van der Waals surface area contributed by atoms with Crippen molar-refractivity contribution in [3.05, 3.63) is 53.1 Å². The third-order valence-electron chi connectivity index (χ3n) is 5.00. The number of hydrogen-bond acceptors (Lipinski definition) is 2. The lowest BCUT2D eigenvalue weighted by molar-refractivity contribution is -0.128. The molecule has 24 heavy (non-hydrogen) atoms. The Bertz CT molecular complexity index is 612. The summed E-state index contributed by atoms with van der Waals surface area (Å²) in [5.74, 6) is 0.102. The van der Waals surface area contributed by atoms with Crippen molar-refractivity contribution in [3.8, 4) is 0 Å². The molecule has 0 N–H and O–H groups in total. The number of amides is 1. The maximum Gasteiger partial charge on any atom is 0.246 e. The molecular weight excluding hydrogens is 320 g/mol. The second-order valence-corrected chi connectivity index (χ2v) is 6.95. The van der Waals surface area contributed by atoms with Gasteiger partial charge in [0.25, 0.3) is 0 Å². The van der Waals surface area contributed by atoms with E-state index in [0.717, 1.165) is 42.8 Å². The highest BCUT2D eigenvalue weighted by molar-refractivity contribution is 6.32. The van der Waals surface area contributed by atoms with Crippen LogP contribution in [0.25, 0.3) is 6.08 Å². The van der Waals surface area contributed by atoms with Crippen molar-refractivity contribution < 1.29 is 4.79 Å². The van der Waals surface area contributed by atoms with Crippen LogP contribution in [0.4, 0.5) is 0 Å². The van der Waals surface area contributed by atoms with E-state index in [2.05, 4.69) is 4.90 Å². The Labute approximate surface area is 149 Å². The third-order valence-corrected chi connectivity index (χ3v) is 5.34. The summed E-state index contributed by atoms with van der Waals surface area (Å²) in [6.07, 6.45) is 12.6. The fraction of sp³-hybridized carbons (Fsp3) is 0.450. The van der Waals surface area contributed by atoms with E-state index in [4.69, 9.17) is 11.6 Å². The number of halogens is 1. The van der Waals surface area contributed by atoms with Crippen LogP contribution in [-0.4, -0.2) is 47.9 Å². The number of hydrogen-bond donors (Lipinski definition) is 0. The van der Waals surface area contributed by atoms with E-state index >= 15 is 0 Å². The summed E-state index contributed by atoms with van der Waals surface area (Å²) in [5.41, 5.74) is 0.960. The van der Waals surface area contributed by atoms with Gasteiger partial charge in [-0.1, -0.05) is 60.9 Å². The molecule has 0 unspecified atom stereocenters. The van der Waals surface area contributed by atoms with Crippen molar-refractivity contribution in [1.29, 1.82) is 0 Å². The average molecular weight is 345 g/mol. The van der Waals surface area contributed by atoms with Crippen molar-refractivity contribution in [3.63, 3.8) is 0 Å². The van der Waals surface area contributed by atoms with Gasteiger partial charge < -0.3 is 4.90 Å². The molecule has 0 spiro atoms. The average Bonchev–Trinajstić information content (AvgIpc) is 3.15. The van der Waals surface area contributed by atoms with Crippen molar-refractivity contribution >= 4 is 23.6 Å². The van der Waals surface area contributed by atoms with Crippen LogP contribution in [0.15, 0.2) is 42.5 Å². The molecule has 0 bridgehead atoms. The number of nitrogens with zero attached hydrogens (tertiary/aromatic N) is 2. The van der Waals surface area contributed by atoms with Crippen LogP contribution in [0.1, 0.15) is 31.2 Å². The second-order valence-electron chi connectivity index (χ2n) is 6.54. The van der Waals surface area contributed by atoms with E-state index in [0.29, 0.717) is 0 Å². The van der Waals surface area contributed by atoms with E-state index in [1.165, 1.54) is 25.7 Å². The molecule has 1 aliphatic heterocycles. The molecule has 0 aromatic heterocycles. The summed E-state index contributed by atoms with van der Waals surface area (Å²) in [7, 11) is 0. The summed E-state index contributed by atoms with van der Waals surface area (Å²) in [6, 6.07) is 8.43. The first-order chi connectivity index (χ1) is 11.7. The highest BCUT2D eigenvalue weighted by atomic mass is 35.5. The molecule has 2 fully saturated rings. The lowest BCUT2D eigenvalue weighted by Gasteiger charge is -2.37. The van der Waals surface area contributed by atoms with Crippen LogP contribution >= 0.6 is 11.6 Å². The fourth-order valence-electron chi connectivity index (χ4n) is 3.59. The zero-order valence-corrected chi connectivity index (χ0v) is 14.8. The van der Waals surface area contributed by atoms with Gasteiger partial charge in [0.15, 0.2) is 0 Å². The molecule has 1 saturated carbocycles. The summed E-state index contributed by atoms with van der Waals surface area (Å²) in [6.45, 7) is 3.71. The van der Waals surface area contributed by atoms with E-state index < -0.39 is 0 Å². The number of carbonyl (C=O) groups is 1. The minimum Gasteiger partial charge on any atom is -0.337 e. The number of piperazine rings is 1. The third kappa shape index (κ3) is 4.49. The summed E-state index contributed by atoms with van der Waals surface area (Å²) in [4.78, 5) is 16.8. The lowest BCUT2D eigenvalue weighted by atomic mass is 10.2. The minimum absolute atomic E-state index is 0.102. The van der Waals surface area contributed by atoms with Crippen LogP contribution in [-0.2, 0) is 4.79 Å². The quantitative estimate of drug-likeness (QED) is 0.609. The van der Waals surface area contributed by atoms with Gasteiger partial charge in [-0.15, -0.1) is 0 Å². The first-order valence-electron chi connectivity index (χ1n) is 8.86. The molecule has 3 nitrogen and oxygen atoms in total. The smallest absolute Gasteiger partial charge is 0.246 e. The van der Waals surface area contributed by atoms with E-state index in [9.17, 15) is 4.79 Å². The molecule has 0 atom stereocenters. The maximum atomic E-state index is 12.3.